The van der Waals surface area contributed by atoms with Gasteiger partial charge in [0.1, 0.15) is 18.0 Å². The van der Waals surface area contributed by atoms with Crippen molar-refractivity contribution in [3.8, 4) is 11.5 Å². The highest BCUT2D eigenvalue weighted by atomic mass is 16.5. The van der Waals surface area contributed by atoms with E-state index in [1.54, 1.807) is 24.3 Å². The second kappa shape index (κ2) is 9.88. The number of benzene rings is 3. The number of rotatable bonds is 8. The van der Waals surface area contributed by atoms with Crippen molar-refractivity contribution in [2.24, 2.45) is 0 Å². The summed E-state index contributed by atoms with van der Waals surface area (Å²) in [6.45, 7) is -0.452. The van der Waals surface area contributed by atoms with Crippen LogP contribution in [-0.4, -0.2) is 29.4 Å². The fourth-order valence-corrected chi connectivity index (χ4v) is 2.65. The Morgan fingerprint density at radius 3 is 2.07 bits per heavy atom. The summed E-state index contributed by atoms with van der Waals surface area (Å²) in [4.78, 5) is 34.6. The van der Waals surface area contributed by atoms with Gasteiger partial charge in [-0.2, -0.15) is 0 Å². The van der Waals surface area contributed by atoms with E-state index in [4.69, 9.17) is 9.84 Å². The van der Waals surface area contributed by atoms with E-state index in [1.165, 1.54) is 12.1 Å². The van der Waals surface area contributed by atoms with Crippen LogP contribution in [-0.2, 0) is 16.0 Å². The maximum atomic E-state index is 12.3. The number of hydrogen-bond acceptors (Lipinski definition) is 4. The lowest BCUT2D eigenvalue weighted by Gasteiger charge is -2.08. The van der Waals surface area contributed by atoms with Crippen LogP contribution in [0.3, 0.4) is 0 Å². The molecule has 0 aliphatic heterocycles. The van der Waals surface area contributed by atoms with Crippen LogP contribution < -0.4 is 15.4 Å². The minimum absolute atomic E-state index is 0.187. The highest BCUT2D eigenvalue weighted by Gasteiger charge is 2.09. The fourth-order valence-electron chi connectivity index (χ4n) is 2.65. The first-order chi connectivity index (χ1) is 14.5. The van der Waals surface area contributed by atoms with Gasteiger partial charge in [0.05, 0.1) is 6.42 Å². The van der Waals surface area contributed by atoms with E-state index in [1.807, 2.05) is 42.5 Å². The monoisotopic (exact) mass is 404 g/mol. The van der Waals surface area contributed by atoms with Crippen LogP contribution in [0.5, 0.6) is 11.5 Å². The first-order valence-corrected chi connectivity index (χ1v) is 9.21. The van der Waals surface area contributed by atoms with E-state index in [0.717, 1.165) is 11.3 Å². The van der Waals surface area contributed by atoms with Crippen molar-refractivity contribution in [1.29, 1.82) is 0 Å². The summed E-state index contributed by atoms with van der Waals surface area (Å²) in [5, 5.41) is 13.6. The molecule has 0 aromatic heterocycles. The number of nitrogens with one attached hydrogen (secondary N) is 2. The van der Waals surface area contributed by atoms with Crippen molar-refractivity contribution >= 4 is 23.5 Å². The highest BCUT2D eigenvalue weighted by Crippen LogP contribution is 2.21. The van der Waals surface area contributed by atoms with E-state index in [-0.39, 0.29) is 12.3 Å². The Morgan fingerprint density at radius 2 is 1.43 bits per heavy atom. The Morgan fingerprint density at radius 1 is 0.800 bits per heavy atom. The summed E-state index contributed by atoms with van der Waals surface area (Å²) in [6.07, 6.45) is 0.187. The Balaban J connectivity index is 1.51. The molecule has 7 nitrogen and oxygen atoms in total. The Kier molecular flexibility index (Phi) is 6.78. The predicted octanol–water partition coefficient (Wildman–Crippen LogP) is 3.47. The molecular formula is C23H20N2O5. The van der Waals surface area contributed by atoms with Crippen molar-refractivity contribution < 1.29 is 24.2 Å². The molecule has 152 valence electrons. The summed E-state index contributed by atoms with van der Waals surface area (Å²) in [7, 11) is 0. The molecule has 30 heavy (non-hydrogen) atoms. The third-order valence-electron chi connectivity index (χ3n) is 4.10. The summed E-state index contributed by atoms with van der Waals surface area (Å²) < 4.78 is 5.73. The van der Waals surface area contributed by atoms with Gasteiger partial charge >= 0.3 is 5.97 Å². The maximum absolute atomic E-state index is 12.3. The zero-order valence-corrected chi connectivity index (χ0v) is 16.0. The van der Waals surface area contributed by atoms with E-state index < -0.39 is 18.4 Å². The average molecular weight is 404 g/mol. The van der Waals surface area contributed by atoms with Gasteiger partial charge in [0, 0.05) is 11.3 Å². The van der Waals surface area contributed by atoms with Crippen LogP contribution in [0.2, 0.25) is 0 Å². The highest BCUT2D eigenvalue weighted by molar-refractivity contribution is 5.97. The van der Waals surface area contributed by atoms with Crippen LogP contribution >= 0.6 is 0 Å². The average Bonchev–Trinajstić information content (AvgIpc) is 2.74. The summed E-state index contributed by atoms with van der Waals surface area (Å²) in [6, 6.07) is 22.9. The summed E-state index contributed by atoms with van der Waals surface area (Å²) in [5.74, 6) is -0.389. The number of carbonyl (C=O) groups is 3. The van der Waals surface area contributed by atoms with E-state index >= 15 is 0 Å². The zero-order chi connectivity index (χ0) is 21.3. The molecule has 0 fully saturated rings. The molecule has 0 unspecified atom stereocenters. The lowest BCUT2D eigenvalue weighted by atomic mass is 10.1. The summed E-state index contributed by atoms with van der Waals surface area (Å²) >= 11 is 0. The molecule has 0 saturated carbocycles. The minimum Gasteiger partial charge on any atom is -0.480 e. The molecule has 3 aromatic carbocycles. The molecule has 2 amide bonds. The molecule has 3 rings (SSSR count). The van der Waals surface area contributed by atoms with Gasteiger partial charge in [0.2, 0.25) is 5.91 Å². The lowest BCUT2D eigenvalue weighted by molar-refractivity contribution is -0.135. The fraction of sp³-hybridized carbons (Fsp3) is 0.0870. The van der Waals surface area contributed by atoms with Gasteiger partial charge in [-0.25, -0.2) is 0 Å². The number of ether oxygens (including phenoxy) is 1. The number of para-hydroxylation sites is 1. The van der Waals surface area contributed by atoms with Crippen LogP contribution in [0.25, 0.3) is 0 Å². The van der Waals surface area contributed by atoms with Gasteiger partial charge in [0.15, 0.2) is 0 Å². The predicted molar refractivity (Wildman–Crippen MR) is 112 cm³/mol. The quantitative estimate of drug-likeness (QED) is 0.533. The largest absolute Gasteiger partial charge is 0.480 e. The van der Waals surface area contributed by atoms with Crippen molar-refractivity contribution in [1.82, 2.24) is 5.32 Å². The number of hydrogen-bond donors (Lipinski definition) is 3. The molecule has 0 aliphatic rings. The molecule has 0 aliphatic carbocycles. The minimum atomic E-state index is -1.12. The van der Waals surface area contributed by atoms with Gasteiger partial charge in [0.25, 0.3) is 5.91 Å². The molecule has 0 heterocycles. The number of carboxylic acids is 1. The van der Waals surface area contributed by atoms with Crippen molar-refractivity contribution in [2.45, 2.75) is 6.42 Å². The van der Waals surface area contributed by atoms with Gasteiger partial charge in [-0.1, -0.05) is 30.3 Å². The number of carbonyl (C=O) groups excluding carboxylic acids is 2. The molecule has 0 spiro atoms. The molecule has 7 heteroatoms. The number of carboxylic acid groups (broad SMARTS) is 1. The van der Waals surface area contributed by atoms with E-state index in [0.29, 0.717) is 17.0 Å². The van der Waals surface area contributed by atoms with Crippen molar-refractivity contribution in [3.63, 3.8) is 0 Å². The molecule has 0 radical (unpaired) electrons. The molecule has 3 N–H and O–H groups in total. The Bertz CT molecular complexity index is 1020. The number of amides is 2. The van der Waals surface area contributed by atoms with Crippen LogP contribution in [0.1, 0.15) is 15.9 Å². The Hall–Kier alpha value is -4.13. The lowest BCUT2D eigenvalue weighted by Crippen LogP contribution is -2.29. The molecule has 0 atom stereocenters. The van der Waals surface area contributed by atoms with E-state index in [9.17, 15) is 14.4 Å². The number of anilines is 1. The molecule has 3 aromatic rings. The van der Waals surface area contributed by atoms with Crippen LogP contribution in [0.15, 0.2) is 78.9 Å². The second-order valence-corrected chi connectivity index (χ2v) is 6.44. The third-order valence-corrected chi connectivity index (χ3v) is 4.10. The standard InChI is InChI=1S/C23H20N2O5/c26-21(25-18-10-8-17(9-11-18)23(29)24-15-22(27)28)14-16-6-12-20(13-7-16)30-19-4-2-1-3-5-19/h1-13H,14-15H2,(H,24,29)(H,25,26)(H,27,28). The van der Waals surface area contributed by atoms with Gasteiger partial charge in [-0.15, -0.1) is 0 Å². The second-order valence-electron chi connectivity index (χ2n) is 6.44. The summed E-state index contributed by atoms with van der Waals surface area (Å²) in [5.41, 5.74) is 1.68. The van der Waals surface area contributed by atoms with Crippen LogP contribution in [0, 0.1) is 0 Å². The maximum Gasteiger partial charge on any atom is 0.322 e. The molecular weight excluding hydrogens is 384 g/mol. The topological polar surface area (TPSA) is 105 Å². The van der Waals surface area contributed by atoms with Gasteiger partial charge < -0.3 is 20.5 Å². The molecule has 0 bridgehead atoms. The first kappa shape index (κ1) is 20.6. The third kappa shape index (κ3) is 6.20. The van der Waals surface area contributed by atoms with E-state index in [2.05, 4.69) is 10.6 Å². The Labute approximate surface area is 173 Å². The van der Waals surface area contributed by atoms with Gasteiger partial charge in [-0.3, -0.25) is 14.4 Å². The normalized spacial score (nSPS) is 10.1. The van der Waals surface area contributed by atoms with Crippen LogP contribution in [0.4, 0.5) is 5.69 Å². The number of aliphatic carboxylic acids is 1. The molecule has 0 saturated heterocycles. The zero-order valence-electron chi connectivity index (χ0n) is 16.0. The first-order valence-electron chi connectivity index (χ1n) is 9.21. The SMILES string of the molecule is O=C(O)CNC(=O)c1ccc(NC(=O)Cc2ccc(Oc3ccccc3)cc2)cc1. The van der Waals surface area contributed by atoms with Crippen molar-refractivity contribution in [2.75, 3.05) is 11.9 Å². The van der Waals surface area contributed by atoms with Crippen molar-refractivity contribution in [3.05, 3.63) is 90.0 Å². The smallest absolute Gasteiger partial charge is 0.322 e. The van der Waals surface area contributed by atoms with Gasteiger partial charge in [-0.05, 0) is 54.1 Å².